The van der Waals surface area contributed by atoms with Crippen LogP contribution in [0.4, 0.5) is 0 Å². The van der Waals surface area contributed by atoms with Crippen molar-refractivity contribution >= 4 is 0 Å². The van der Waals surface area contributed by atoms with Gasteiger partial charge in [-0.3, -0.25) is 0 Å². The van der Waals surface area contributed by atoms with E-state index in [2.05, 4.69) is 4.74 Å². The van der Waals surface area contributed by atoms with Gasteiger partial charge in [-0.2, -0.15) is 0 Å². The van der Waals surface area contributed by atoms with Crippen LogP contribution < -0.4 is 9.47 Å². The van der Waals surface area contributed by atoms with E-state index in [0.29, 0.717) is 5.75 Å². The van der Waals surface area contributed by atoms with Gasteiger partial charge in [-0.25, -0.2) is 0 Å². The normalized spacial score (nSPS) is 9.50. The van der Waals surface area contributed by atoms with Crippen LogP contribution in [0.3, 0.4) is 0 Å². The minimum Gasteiger partial charge on any atom is -0.482 e. The van der Waals surface area contributed by atoms with Crippen LogP contribution in [0.2, 0.25) is 0 Å². The Labute approximate surface area is 71.9 Å². The number of methoxy groups -OCH3 is 1. The molecule has 0 heterocycles. The van der Waals surface area contributed by atoms with Gasteiger partial charge in [0.15, 0.2) is 13.9 Å². The Morgan fingerprint density at radius 1 is 1.17 bits per heavy atom. The lowest BCUT2D eigenvalue weighted by Gasteiger charge is -2.04. The fraction of sp³-hybridized carbons (Fsp3) is 0.222. The largest absolute Gasteiger partial charge is 0.482 e. The highest BCUT2D eigenvalue weighted by atomic mass is 16.7. The topological polar surface area (TPSA) is 27.7 Å². The van der Waals surface area contributed by atoms with Crippen LogP contribution in [0, 0.1) is 7.11 Å². The molecule has 0 aromatic heterocycles. The summed E-state index contributed by atoms with van der Waals surface area (Å²) in [5.74, 6) is 1.32. The Bertz CT molecular complexity index is 218. The number of benzene rings is 1. The van der Waals surface area contributed by atoms with Crippen molar-refractivity contribution in [2.24, 2.45) is 0 Å². The van der Waals surface area contributed by atoms with Gasteiger partial charge < -0.3 is 14.2 Å². The number of hydrogen-bond acceptors (Lipinski definition) is 3. The lowest BCUT2D eigenvalue weighted by atomic mass is 10.3. The second-order valence-electron chi connectivity index (χ2n) is 2.14. The molecule has 2 radical (unpaired) electrons. The van der Waals surface area contributed by atoms with Crippen molar-refractivity contribution in [2.75, 3.05) is 13.9 Å². The molecule has 0 aliphatic heterocycles. The third kappa shape index (κ3) is 2.43. The zero-order valence-electron chi connectivity index (χ0n) is 6.82. The average molecular weight is 166 g/mol. The number of ether oxygens (including phenoxy) is 3. The SMILES string of the molecule is [CH]Oc1ccc(OCOC)cc1. The van der Waals surface area contributed by atoms with Gasteiger partial charge in [-0.1, -0.05) is 0 Å². The highest BCUT2D eigenvalue weighted by Crippen LogP contribution is 2.16. The Balaban J connectivity index is 2.53. The molecule has 1 aromatic rings. The summed E-state index contributed by atoms with van der Waals surface area (Å²) in [5, 5.41) is 0. The van der Waals surface area contributed by atoms with Crippen LogP contribution in [0.5, 0.6) is 11.5 Å². The fourth-order valence-electron chi connectivity index (χ4n) is 0.741. The predicted molar refractivity (Wildman–Crippen MR) is 43.9 cm³/mol. The van der Waals surface area contributed by atoms with Crippen LogP contribution in [-0.4, -0.2) is 13.9 Å². The van der Waals surface area contributed by atoms with Gasteiger partial charge in [-0.15, -0.1) is 0 Å². The molecule has 12 heavy (non-hydrogen) atoms. The van der Waals surface area contributed by atoms with Crippen molar-refractivity contribution in [1.29, 1.82) is 0 Å². The Kier molecular flexibility index (Phi) is 3.41. The molecule has 0 unspecified atom stereocenters. The van der Waals surface area contributed by atoms with Crippen molar-refractivity contribution in [3.8, 4) is 11.5 Å². The number of hydrogen-bond donors (Lipinski definition) is 0. The summed E-state index contributed by atoms with van der Waals surface area (Å²) in [6.07, 6.45) is 0. The third-order valence-corrected chi connectivity index (χ3v) is 1.30. The predicted octanol–water partition coefficient (Wildman–Crippen LogP) is 1.72. The van der Waals surface area contributed by atoms with E-state index in [-0.39, 0.29) is 6.79 Å². The monoisotopic (exact) mass is 166 g/mol. The van der Waals surface area contributed by atoms with Gasteiger partial charge in [0.05, 0.1) is 0 Å². The van der Waals surface area contributed by atoms with E-state index >= 15 is 0 Å². The molecule has 0 aliphatic rings. The first-order valence-corrected chi connectivity index (χ1v) is 3.45. The molecule has 3 nitrogen and oxygen atoms in total. The second-order valence-corrected chi connectivity index (χ2v) is 2.14. The zero-order valence-corrected chi connectivity index (χ0v) is 6.82. The molecule has 0 fully saturated rings. The Hall–Kier alpha value is -1.22. The summed E-state index contributed by atoms with van der Waals surface area (Å²) in [7, 11) is 6.50. The summed E-state index contributed by atoms with van der Waals surface area (Å²) in [6.45, 7) is 0.239. The smallest absolute Gasteiger partial charge is 0.188 e. The van der Waals surface area contributed by atoms with Crippen molar-refractivity contribution in [2.45, 2.75) is 0 Å². The quantitative estimate of drug-likeness (QED) is 0.637. The van der Waals surface area contributed by atoms with Gasteiger partial charge in [-0.05, 0) is 24.3 Å². The van der Waals surface area contributed by atoms with E-state index < -0.39 is 0 Å². The highest BCUT2D eigenvalue weighted by Gasteiger charge is 1.93. The van der Waals surface area contributed by atoms with Crippen molar-refractivity contribution < 1.29 is 14.2 Å². The van der Waals surface area contributed by atoms with Gasteiger partial charge >= 0.3 is 0 Å². The molecule has 0 aliphatic carbocycles. The molecule has 0 saturated carbocycles. The fourth-order valence-corrected chi connectivity index (χ4v) is 0.741. The van der Waals surface area contributed by atoms with Gasteiger partial charge in [0.1, 0.15) is 11.5 Å². The number of rotatable bonds is 4. The molecule has 0 bridgehead atoms. The molecule has 0 atom stereocenters. The molecular weight excluding hydrogens is 156 g/mol. The summed E-state index contributed by atoms with van der Waals surface area (Å²) in [6, 6.07) is 6.93. The summed E-state index contributed by atoms with van der Waals surface area (Å²) in [4.78, 5) is 0. The first kappa shape index (κ1) is 8.87. The zero-order chi connectivity index (χ0) is 8.81. The minimum absolute atomic E-state index is 0.239. The standard InChI is InChI=1S/C9H10O3/c1-10-7-12-9-5-3-8(11-2)4-6-9/h2-6H,7H2,1H3. The van der Waals surface area contributed by atoms with Crippen molar-refractivity contribution in [3.05, 3.63) is 31.4 Å². The first-order valence-electron chi connectivity index (χ1n) is 3.45. The lowest BCUT2D eigenvalue weighted by Crippen LogP contribution is -1.98. The van der Waals surface area contributed by atoms with E-state index in [1.54, 1.807) is 31.4 Å². The Morgan fingerprint density at radius 3 is 2.25 bits per heavy atom. The van der Waals surface area contributed by atoms with Crippen LogP contribution in [-0.2, 0) is 4.74 Å². The molecule has 3 heteroatoms. The van der Waals surface area contributed by atoms with E-state index in [1.165, 1.54) is 0 Å². The third-order valence-electron chi connectivity index (χ3n) is 1.30. The molecule has 0 saturated heterocycles. The van der Waals surface area contributed by atoms with Gasteiger partial charge in [0.2, 0.25) is 0 Å². The van der Waals surface area contributed by atoms with Crippen molar-refractivity contribution in [1.82, 2.24) is 0 Å². The molecule has 64 valence electrons. The second kappa shape index (κ2) is 4.62. The molecule has 0 spiro atoms. The maximum atomic E-state index is 5.14. The molecule has 0 amide bonds. The van der Waals surface area contributed by atoms with Crippen LogP contribution in [0.15, 0.2) is 24.3 Å². The summed E-state index contributed by atoms with van der Waals surface area (Å²) >= 11 is 0. The lowest BCUT2D eigenvalue weighted by molar-refractivity contribution is 0.0511. The van der Waals surface area contributed by atoms with Gasteiger partial charge in [0.25, 0.3) is 0 Å². The first-order chi connectivity index (χ1) is 5.86. The van der Waals surface area contributed by atoms with E-state index in [4.69, 9.17) is 16.6 Å². The molecule has 0 N–H and O–H groups in total. The highest BCUT2D eigenvalue weighted by molar-refractivity contribution is 5.31. The van der Waals surface area contributed by atoms with E-state index in [9.17, 15) is 0 Å². The summed E-state index contributed by atoms with van der Waals surface area (Å²) in [5.41, 5.74) is 0. The minimum atomic E-state index is 0.239. The van der Waals surface area contributed by atoms with E-state index in [1.807, 2.05) is 0 Å². The van der Waals surface area contributed by atoms with Crippen molar-refractivity contribution in [3.63, 3.8) is 0 Å². The molecular formula is C9H10O3. The molecule has 1 aromatic carbocycles. The van der Waals surface area contributed by atoms with Crippen LogP contribution in [0.25, 0.3) is 0 Å². The molecule has 1 rings (SSSR count). The van der Waals surface area contributed by atoms with Gasteiger partial charge in [0, 0.05) is 7.11 Å². The summed E-state index contributed by atoms with van der Waals surface area (Å²) < 4.78 is 14.3. The van der Waals surface area contributed by atoms with E-state index in [0.717, 1.165) is 5.75 Å². The van der Waals surface area contributed by atoms with Crippen LogP contribution >= 0.6 is 0 Å². The maximum Gasteiger partial charge on any atom is 0.188 e. The van der Waals surface area contributed by atoms with Crippen LogP contribution in [0.1, 0.15) is 0 Å². The average Bonchev–Trinajstić information content (AvgIpc) is 2.15. The maximum absolute atomic E-state index is 5.14. The Morgan fingerprint density at radius 2 is 1.75 bits per heavy atom.